The Morgan fingerprint density at radius 1 is 0.867 bits per heavy atom. The quantitative estimate of drug-likeness (QED) is 0.520. The molecule has 0 fully saturated rings. The van der Waals surface area contributed by atoms with E-state index in [2.05, 4.69) is 67.2 Å². The summed E-state index contributed by atoms with van der Waals surface area (Å²) in [4.78, 5) is 0. The summed E-state index contributed by atoms with van der Waals surface area (Å²) in [5.41, 5.74) is 0.897. The van der Waals surface area contributed by atoms with E-state index in [1.807, 2.05) is 6.08 Å². The molecule has 90 valence electrons. The molecular weight excluding hydrogens is 180 g/mol. The topological polar surface area (TPSA) is 0 Å². The van der Waals surface area contributed by atoms with Crippen molar-refractivity contribution in [3.63, 3.8) is 0 Å². The van der Waals surface area contributed by atoms with Crippen molar-refractivity contribution in [3.8, 4) is 0 Å². The van der Waals surface area contributed by atoms with E-state index in [1.165, 1.54) is 6.42 Å². The van der Waals surface area contributed by atoms with Crippen molar-refractivity contribution >= 4 is 0 Å². The van der Waals surface area contributed by atoms with Crippen LogP contribution in [0.15, 0.2) is 24.8 Å². The zero-order valence-corrected chi connectivity index (χ0v) is 11.9. The largest absolute Gasteiger partial charge is 0.103 e. The van der Waals surface area contributed by atoms with Gasteiger partial charge < -0.3 is 0 Å². The van der Waals surface area contributed by atoms with Crippen LogP contribution in [0, 0.1) is 10.8 Å². The molecule has 15 heavy (non-hydrogen) atoms. The Labute approximate surface area is 97.5 Å². The van der Waals surface area contributed by atoms with E-state index in [9.17, 15) is 0 Å². The number of hydrogen-bond donors (Lipinski definition) is 0. The lowest BCUT2D eigenvalue weighted by Gasteiger charge is -2.13. The molecule has 0 aromatic heterocycles. The van der Waals surface area contributed by atoms with Crippen molar-refractivity contribution < 1.29 is 0 Å². The number of rotatable bonds is 2. The summed E-state index contributed by atoms with van der Waals surface area (Å²) < 4.78 is 0. The van der Waals surface area contributed by atoms with Crippen LogP contribution in [0.2, 0.25) is 0 Å². The Morgan fingerprint density at radius 2 is 1.27 bits per heavy atom. The summed E-state index contributed by atoms with van der Waals surface area (Å²) >= 11 is 0. The monoisotopic (exact) mass is 210 g/mol. The third kappa shape index (κ3) is 24.7. The third-order valence-corrected chi connectivity index (χ3v) is 1.72. The third-order valence-electron chi connectivity index (χ3n) is 1.72. The highest BCUT2D eigenvalue weighted by Gasteiger charge is 2.05. The summed E-state index contributed by atoms with van der Waals surface area (Å²) in [6.45, 7) is 19.0. The molecule has 0 aliphatic rings. The Morgan fingerprint density at radius 3 is 1.33 bits per heavy atom. The summed E-state index contributed by atoms with van der Waals surface area (Å²) in [5, 5.41) is 0. The van der Waals surface area contributed by atoms with E-state index in [-0.39, 0.29) is 0 Å². The molecule has 0 saturated heterocycles. The van der Waals surface area contributed by atoms with Crippen molar-refractivity contribution in [2.45, 2.75) is 61.3 Å². The minimum Gasteiger partial charge on any atom is -0.103 e. The molecular formula is C15H30. The first-order valence-electron chi connectivity index (χ1n) is 5.84. The molecule has 0 rings (SSSR count). The maximum atomic E-state index is 3.65. The van der Waals surface area contributed by atoms with Crippen molar-refractivity contribution in [2.24, 2.45) is 10.8 Å². The minimum absolute atomic E-state index is 0.432. The van der Waals surface area contributed by atoms with E-state index >= 15 is 0 Å². The molecule has 0 amide bonds. The summed E-state index contributed by atoms with van der Waals surface area (Å²) in [6.07, 6.45) is 8.56. The van der Waals surface area contributed by atoms with Gasteiger partial charge >= 0.3 is 0 Å². The first-order chi connectivity index (χ1) is 6.62. The highest BCUT2D eigenvalue weighted by Crippen LogP contribution is 2.18. The summed E-state index contributed by atoms with van der Waals surface area (Å²) in [6, 6.07) is 0. The normalized spacial score (nSPS) is 12.2. The van der Waals surface area contributed by atoms with E-state index in [1.54, 1.807) is 0 Å². The molecule has 0 aliphatic heterocycles. The number of allylic oxidation sites excluding steroid dienone is 3. The predicted molar refractivity (Wildman–Crippen MR) is 73.2 cm³/mol. The molecule has 0 spiro atoms. The molecule has 0 saturated carbocycles. The smallest absolute Gasteiger partial charge is 0.0302 e. The first-order valence-corrected chi connectivity index (χ1v) is 5.84. The highest BCUT2D eigenvalue weighted by atomic mass is 14.1. The van der Waals surface area contributed by atoms with Gasteiger partial charge in [-0.25, -0.2) is 0 Å². The van der Waals surface area contributed by atoms with Crippen molar-refractivity contribution in [1.82, 2.24) is 0 Å². The average molecular weight is 210 g/mol. The molecule has 0 aliphatic carbocycles. The van der Waals surface area contributed by atoms with Crippen LogP contribution in [0.25, 0.3) is 0 Å². The van der Waals surface area contributed by atoms with Crippen LogP contribution in [-0.4, -0.2) is 0 Å². The number of hydrogen-bond acceptors (Lipinski definition) is 0. The fraction of sp³-hybridized carbons (Fsp3) is 0.733. The molecule has 0 nitrogen and oxygen atoms in total. The summed E-state index contributed by atoms with van der Waals surface area (Å²) in [5.74, 6) is 0. The van der Waals surface area contributed by atoms with Gasteiger partial charge in [-0.05, 0) is 30.6 Å². The minimum atomic E-state index is 0.432. The Bertz CT molecular complexity index is 171. The molecule has 0 N–H and O–H groups in total. The second kappa shape index (κ2) is 7.73. The molecule has 0 aromatic carbocycles. The zero-order valence-electron chi connectivity index (χ0n) is 11.9. The summed E-state index contributed by atoms with van der Waals surface area (Å²) in [7, 11) is 0. The van der Waals surface area contributed by atoms with Gasteiger partial charge in [0, 0.05) is 0 Å². The van der Waals surface area contributed by atoms with Gasteiger partial charge in [0.25, 0.3) is 0 Å². The SMILES string of the molecule is C/C=C/CC(C)(C)C.C=CCC(C)(C)C. The first kappa shape index (κ1) is 16.9. The van der Waals surface area contributed by atoms with Gasteiger partial charge in [-0.1, -0.05) is 59.8 Å². The van der Waals surface area contributed by atoms with Crippen LogP contribution in [0.3, 0.4) is 0 Å². The zero-order chi connectivity index (χ0) is 12.5. The molecule has 0 radical (unpaired) electrons. The van der Waals surface area contributed by atoms with Gasteiger partial charge in [-0.15, -0.1) is 6.58 Å². The molecule has 0 heteroatoms. The van der Waals surface area contributed by atoms with E-state index in [4.69, 9.17) is 0 Å². The standard InChI is InChI=1S/C8H16.C7H14/c1-5-6-7-8(2,3)4;1-5-6-7(2,3)4/h5-6H,7H2,1-4H3;5H,1,6H2,2-4H3/b6-5+;. The lowest BCUT2D eigenvalue weighted by atomic mass is 9.92. The molecule has 0 atom stereocenters. The van der Waals surface area contributed by atoms with E-state index in [0.29, 0.717) is 10.8 Å². The van der Waals surface area contributed by atoms with Gasteiger partial charge in [0.2, 0.25) is 0 Å². The lowest BCUT2D eigenvalue weighted by Crippen LogP contribution is -2.01. The van der Waals surface area contributed by atoms with E-state index < -0.39 is 0 Å². The Balaban J connectivity index is 0. The molecule has 0 unspecified atom stereocenters. The van der Waals surface area contributed by atoms with Crippen molar-refractivity contribution in [1.29, 1.82) is 0 Å². The van der Waals surface area contributed by atoms with Crippen LogP contribution in [-0.2, 0) is 0 Å². The maximum absolute atomic E-state index is 3.65. The van der Waals surface area contributed by atoms with Gasteiger partial charge in [0.15, 0.2) is 0 Å². The maximum Gasteiger partial charge on any atom is -0.0302 e. The van der Waals surface area contributed by atoms with Gasteiger partial charge in [0.05, 0.1) is 0 Å². The van der Waals surface area contributed by atoms with Crippen LogP contribution in [0.5, 0.6) is 0 Å². The van der Waals surface area contributed by atoms with Crippen LogP contribution >= 0.6 is 0 Å². The van der Waals surface area contributed by atoms with Crippen LogP contribution < -0.4 is 0 Å². The Kier molecular flexibility index (Phi) is 8.71. The van der Waals surface area contributed by atoms with Crippen molar-refractivity contribution in [3.05, 3.63) is 24.8 Å². The Hall–Kier alpha value is -0.520. The molecule has 0 aromatic rings. The fourth-order valence-corrected chi connectivity index (χ4v) is 0.904. The van der Waals surface area contributed by atoms with Crippen molar-refractivity contribution in [2.75, 3.05) is 0 Å². The lowest BCUT2D eigenvalue weighted by molar-refractivity contribution is 0.420. The average Bonchev–Trinajstić information content (AvgIpc) is 1.98. The molecule has 0 bridgehead atoms. The van der Waals surface area contributed by atoms with Gasteiger partial charge in [0.1, 0.15) is 0 Å². The second-order valence-corrected chi connectivity index (χ2v) is 6.39. The molecule has 0 heterocycles. The predicted octanol–water partition coefficient (Wildman–Crippen LogP) is 5.61. The van der Waals surface area contributed by atoms with Crippen LogP contribution in [0.4, 0.5) is 0 Å². The second-order valence-electron chi connectivity index (χ2n) is 6.39. The fourth-order valence-electron chi connectivity index (χ4n) is 0.904. The van der Waals surface area contributed by atoms with E-state index in [0.717, 1.165) is 6.42 Å². The van der Waals surface area contributed by atoms with Gasteiger partial charge in [-0.3, -0.25) is 0 Å². The van der Waals surface area contributed by atoms with Gasteiger partial charge in [-0.2, -0.15) is 0 Å². The highest BCUT2D eigenvalue weighted by molar-refractivity contribution is 4.82. The van der Waals surface area contributed by atoms with Crippen LogP contribution in [0.1, 0.15) is 61.3 Å².